The largest absolute Gasteiger partial charge is 0.507 e. The van der Waals surface area contributed by atoms with E-state index in [4.69, 9.17) is 0 Å². The van der Waals surface area contributed by atoms with Crippen LogP contribution in [0.4, 0.5) is 0 Å². The molecule has 0 aliphatic carbocycles. The highest BCUT2D eigenvalue weighted by Gasteiger charge is 2.12. The maximum atomic E-state index is 10.1. The number of benzene rings is 2. The van der Waals surface area contributed by atoms with E-state index in [-0.39, 0.29) is 5.75 Å². The Balaban J connectivity index is 2.77. The minimum absolute atomic E-state index is 0.231. The molecular weight excluding hydrogens is 222 g/mol. The van der Waals surface area contributed by atoms with Crippen LogP contribution in [0.3, 0.4) is 0 Å². The summed E-state index contributed by atoms with van der Waals surface area (Å²) in [5.74, 6) is 0.231. The lowest BCUT2D eigenvalue weighted by Gasteiger charge is -2.12. The molecule has 0 amide bonds. The van der Waals surface area contributed by atoms with Crippen molar-refractivity contribution in [3.63, 3.8) is 0 Å². The van der Waals surface area contributed by atoms with Gasteiger partial charge in [-0.1, -0.05) is 17.7 Å². The fourth-order valence-corrected chi connectivity index (χ4v) is 2.26. The number of phenols is 1. The van der Waals surface area contributed by atoms with Crippen LogP contribution in [0.5, 0.6) is 5.75 Å². The van der Waals surface area contributed by atoms with Crippen molar-refractivity contribution in [3.05, 3.63) is 52.6 Å². The molecule has 18 heavy (non-hydrogen) atoms. The lowest BCUT2D eigenvalue weighted by Crippen LogP contribution is -1.91. The van der Waals surface area contributed by atoms with Gasteiger partial charge >= 0.3 is 0 Å². The Morgan fingerprint density at radius 1 is 1.00 bits per heavy atom. The summed E-state index contributed by atoms with van der Waals surface area (Å²) in [6.07, 6.45) is 0. The second kappa shape index (κ2) is 4.54. The molecule has 2 nitrogen and oxygen atoms in total. The van der Waals surface area contributed by atoms with Gasteiger partial charge in [0.05, 0.1) is 11.6 Å². The molecule has 0 bridgehead atoms. The van der Waals surface area contributed by atoms with E-state index in [1.54, 1.807) is 12.1 Å². The summed E-state index contributed by atoms with van der Waals surface area (Å²) < 4.78 is 0. The van der Waals surface area contributed by atoms with Gasteiger partial charge in [-0.2, -0.15) is 5.26 Å². The highest BCUT2D eigenvalue weighted by Crippen LogP contribution is 2.35. The molecule has 0 aromatic heterocycles. The molecule has 90 valence electrons. The number of nitrogens with zero attached hydrogens (tertiary/aromatic N) is 1. The van der Waals surface area contributed by atoms with Crippen molar-refractivity contribution in [1.29, 1.82) is 5.26 Å². The number of phenolic OH excluding ortho intramolecular Hbond substituents is 1. The van der Waals surface area contributed by atoms with E-state index in [1.165, 1.54) is 0 Å². The van der Waals surface area contributed by atoms with Crippen LogP contribution in [0.1, 0.15) is 22.3 Å². The summed E-state index contributed by atoms with van der Waals surface area (Å²) in [5.41, 5.74) is 5.20. The lowest BCUT2D eigenvalue weighted by atomic mass is 9.93. The molecule has 0 aliphatic heterocycles. The second-order valence-electron chi connectivity index (χ2n) is 4.64. The summed E-state index contributed by atoms with van der Waals surface area (Å²) in [5, 5.41) is 19.3. The smallest absolute Gasteiger partial charge is 0.123 e. The van der Waals surface area contributed by atoms with E-state index >= 15 is 0 Å². The highest BCUT2D eigenvalue weighted by molar-refractivity contribution is 5.79. The summed E-state index contributed by atoms with van der Waals surface area (Å²) in [6, 6.07) is 11.6. The fourth-order valence-electron chi connectivity index (χ4n) is 2.26. The summed E-state index contributed by atoms with van der Waals surface area (Å²) in [6.45, 7) is 5.87. The standard InChI is InChI=1S/C16H15NO/c1-10-4-5-13(9-17)14(7-10)16-12(3)6-11(2)8-15(16)18/h4-8,18H,1-3H3. The van der Waals surface area contributed by atoms with Gasteiger partial charge < -0.3 is 5.11 Å². The molecule has 2 rings (SSSR count). The zero-order valence-corrected chi connectivity index (χ0v) is 10.8. The van der Waals surface area contributed by atoms with Crippen LogP contribution in [-0.4, -0.2) is 5.11 Å². The van der Waals surface area contributed by atoms with Gasteiger partial charge in [-0.3, -0.25) is 0 Å². The maximum absolute atomic E-state index is 10.1. The van der Waals surface area contributed by atoms with Crippen LogP contribution >= 0.6 is 0 Å². The Kier molecular flexibility index (Phi) is 3.08. The number of nitriles is 1. The lowest BCUT2D eigenvalue weighted by molar-refractivity contribution is 0.476. The number of aromatic hydroxyl groups is 1. The third-order valence-electron chi connectivity index (χ3n) is 3.02. The Labute approximate surface area is 107 Å². The molecule has 1 N–H and O–H groups in total. The maximum Gasteiger partial charge on any atom is 0.123 e. The van der Waals surface area contributed by atoms with E-state index < -0.39 is 0 Å². The van der Waals surface area contributed by atoms with Gasteiger partial charge in [0.2, 0.25) is 0 Å². The van der Waals surface area contributed by atoms with E-state index in [0.717, 1.165) is 27.8 Å². The van der Waals surface area contributed by atoms with E-state index in [1.807, 2.05) is 39.0 Å². The SMILES string of the molecule is Cc1cc(C)c(-c2cc(C)ccc2C#N)c(O)c1. The minimum Gasteiger partial charge on any atom is -0.507 e. The third-order valence-corrected chi connectivity index (χ3v) is 3.02. The topological polar surface area (TPSA) is 44.0 Å². The van der Waals surface area contributed by atoms with Gasteiger partial charge in [-0.05, 0) is 50.1 Å². The molecule has 0 aliphatic rings. The van der Waals surface area contributed by atoms with Crippen molar-refractivity contribution in [2.24, 2.45) is 0 Å². The second-order valence-corrected chi connectivity index (χ2v) is 4.64. The number of hydrogen-bond acceptors (Lipinski definition) is 2. The fraction of sp³-hybridized carbons (Fsp3) is 0.188. The Morgan fingerprint density at radius 3 is 2.33 bits per heavy atom. The first-order valence-electron chi connectivity index (χ1n) is 5.84. The number of rotatable bonds is 1. The van der Waals surface area contributed by atoms with Crippen molar-refractivity contribution in [3.8, 4) is 22.9 Å². The van der Waals surface area contributed by atoms with Crippen molar-refractivity contribution in [2.75, 3.05) is 0 Å². The van der Waals surface area contributed by atoms with Crippen molar-refractivity contribution in [1.82, 2.24) is 0 Å². The first kappa shape index (κ1) is 12.2. The number of hydrogen-bond donors (Lipinski definition) is 1. The van der Waals surface area contributed by atoms with Crippen LogP contribution in [0.2, 0.25) is 0 Å². The van der Waals surface area contributed by atoms with Crippen LogP contribution in [0.15, 0.2) is 30.3 Å². The Morgan fingerprint density at radius 2 is 1.72 bits per heavy atom. The van der Waals surface area contributed by atoms with Gasteiger partial charge in [0, 0.05) is 11.1 Å². The molecule has 2 aromatic rings. The predicted octanol–water partition coefficient (Wildman–Crippen LogP) is 3.86. The molecule has 0 saturated carbocycles. The molecule has 0 unspecified atom stereocenters. The van der Waals surface area contributed by atoms with Crippen LogP contribution in [0, 0.1) is 32.1 Å². The van der Waals surface area contributed by atoms with Crippen molar-refractivity contribution < 1.29 is 5.11 Å². The van der Waals surface area contributed by atoms with E-state index in [9.17, 15) is 10.4 Å². The first-order chi connectivity index (χ1) is 8.52. The predicted molar refractivity (Wildman–Crippen MR) is 72.5 cm³/mol. The van der Waals surface area contributed by atoms with Gasteiger partial charge in [0.1, 0.15) is 5.75 Å². The zero-order valence-electron chi connectivity index (χ0n) is 10.8. The summed E-state index contributed by atoms with van der Waals surface area (Å²) >= 11 is 0. The van der Waals surface area contributed by atoms with E-state index in [0.29, 0.717) is 5.56 Å². The molecule has 0 heterocycles. The molecule has 0 spiro atoms. The van der Waals surface area contributed by atoms with Gasteiger partial charge in [-0.15, -0.1) is 0 Å². The number of aryl methyl sites for hydroxylation is 3. The Bertz CT molecular complexity index is 628. The minimum atomic E-state index is 0.231. The molecule has 2 aromatic carbocycles. The molecular formula is C16H15NO. The monoisotopic (exact) mass is 237 g/mol. The van der Waals surface area contributed by atoms with E-state index in [2.05, 4.69) is 6.07 Å². The normalized spacial score (nSPS) is 10.1. The van der Waals surface area contributed by atoms with Gasteiger partial charge in [0.25, 0.3) is 0 Å². The van der Waals surface area contributed by atoms with Crippen molar-refractivity contribution >= 4 is 0 Å². The summed E-state index contributed by atoms with van der Waals surface area (Å²) in [7, 11) is 0. The Hall–Kier alpha value is -2.27. The molecule has 0 atom stereocenters. The quantitative estimate of drug-likeness (QED) is 0.818. The average molecular weight is 237 g/mol. The van der Waals surface area contributed by atoms with Gasteiger partial charge in [-0.25, -0.2) is 0 Å². The van der Waals surface area contributed by atoms with Crippen molar-refractivity contribution in [2.45, 2.75) is 20.8 Å². The third kappa shape index (κ3) is 2.08. The van der Waals surface area contributed by atoms with Crippen LogP contribution < -0.4 is 0 Å². The summed E-state index contributed by atoms with van der Waals surface area (Å²) in [4.78, 5) is 0. The molecule has 0 radical (unpaired) electrons. The molecule has 2 heteroatoms. The average Bonchev–Trinajstić information content (AvgIpc) is 2.28. The zero-order chi connectivity index (χ0) is 13.3. The van der Waals surface area contributed by atoms with Gasteiger partial charge in [0.15, 0.2) is 0 Å². The molecule has 0 saturated heterocycles. The van der Waals surface area contributed by atoms with Crippen LogP contribution in [0.25, 0.3) is 11.1 Å². The first-order valence-corrected chi connectivity index (χ1v) is 5.84. The van der Waals surface area contributed by atoms with Crippen LogP contribution in [-0.2, 0) is 0 Å². The highest BCUT2D eigenvalue weighted by atomic mass is 16.3. The molecule has 0 fully saturated rings.